The molecule has 1 aromatic carbocycles. The SMILES string of the molecule is Cc1cc(Cl)ccc1CN1CCN(C)CC1CN. The van der Waals surface area contributed by atoms with Crippen LogP contribution < -0.4 is 5.73 Å². The molecule has 0 spiro atoms. The van der Waals surface area contributed by atoms with Gasteiger partial charge in [-0.25, -0.2) is 0 Å². The Bertz CT molecular complexity index is 408. The minimum atomic E-state index is 0.457. The summed E-state index contributed by atoms with van der Waals surface area (Å²) in [6, 6.07) is 6.59. The van der Waals surface area contributed by atoms with E-state index in [1.807, 2.05) is 12.1 Å². The molecule has 2 rings (SSSR count). The van der Waals surface area contributed by atoms with Gasteiger partial charge >= 0.3 is 0 Å². The Labute approximate surface area is 115 Å². The summed E-state index contributed by atoms with van der Waals surface area (Å²) in [6.07, 6.45) is 0. The maximum atomic E-state index is 5.99. The molecule has 4 heteroatoms. The van der Waals surface area contributed by atoms with Crippen molar-refractivity contribution in [2.45, 2.75) is 19.5 Å². The molecule has 1 saturated heterocycles. The van der Waals surface area contributed by atoms with E-state index in [9.17, 15) is 0 Å². The third-order valence-electron chi connectivity index (χ3n) is 3.76. The van der Waals surface area contributed by atoms with Crippen LogP contribution in [-0.4, -0.2) is 49.1 Å². The van der Waals surface area contributed by atoms with Crippen LogP contribution in [0.2, 0.25) is 5.02 Å². The smallest absolute Gasteiger partial charge is 0.0408 e. The molecule has 2 N–H and O–H groups in total. The van der Waals surface area contributed by atoms with Crippen molar-refractivity contribution < 1.29 is 0 Å². The van der Waals surface area contributed by atoms with Crippen molar-refractivity contribution in [3.63, 3.8) is 0 Å². The Hall–Kier alpha value is -0.610. The molecule has 0 aliphatic carbocycles. The highest BCUT2D eigenvalue weighted by molar-refractivity contribution is 6.30. The first-order valence-corrected chi connectivity index (χ1v) is 6.85. The van der Waals surface area contributed by atoms with E-state index in [1.165, 1.54) is 11.1 Å². The van der Waals surface area contributed by atoms with Crippen LogP contribution in [0.25, 0.3) is 0 Å². The molecule has 0 saturated carbocycles. The van der Waals surface area contributed by atoms with Crippen LogP contribution in [0.15, 0.2) is 18.2 Å². The summed E-state index contributed by atoms with van der Waals surface area (Å²) in [4.78, 5) is 4.83. The first-order chi connectivity index (χ1) is 8.60. The lowest BCUT2D eigenvalue weighted by Crippen LogP contribution is -2.54. The van der Waals surface area contributed by atoms with Crippen LogP contribution in [-0.2, 0) is 6.54 Å². The van der Waals surface area contributed by atoms with E-state index in [4.69, 9.17) is 17.3 Å². The minimum Gasteiger partial charge on any atom is -0.329 e. The molecule has 100 valence electrons. The van der Waals surface area contributed by atoms with Gasteiger partial charge in [-0.05, 0) is 37.2 Å². The Morgan fingerprint density at radius 1 is 1.39 bits per heavy atom. The number of rotatable bonds is 3. The highest BCUT2D eigenvalue weighted by Gasteiger charge is 2.24. The van der Waals surface area contributed by atoms with Gasteiger partial charge in [-0.1, -0.05) is 17.7 Å². The van der Waals surface area contributed by atoms with Gasteiger partial charge in [0.05, 0.1) is 0 Å². The molecule has 1 unspecified atom stereocenters. The topological polar surface area (TPSA) is 32.5 Å². The molecule has 0 radical (unpaired) electrons. The maximum absolute atomic E-state index is 5.99. The van der Waals surface area contributed by atoms with Crippen LogP contribution in [0.1, 0.15) is 11.1 Å². The predicted octanol–water partition coefficient (Wildman–Crippen LogP) is 1.72. The maximum Gasteiger partial charge on any atom is 0.0408 e. The Kier molecular flexibility index (Phi) is 4.62. The average Bonchev–Trinajstić information content (AvgIpc) is 2.34. The predicted molar refractivity (Wildman–Crippen MR) is 76.9 cm³/mol. The summed E-state index contributed by atoms with van der Waals surface area (Å²) >= 11 is 5.99. The zero-order chi connectivity index (χ0) is 13.1. The number of hydrogen-bond donors (Lipinski definition) is 1. The van der Waals surface area contributed by atoms with Gasteiger partial charge in [0.1, 0.15) is 0 Å². The largest absolute Gasteiger partial charge is 0.329 e. The summed E-state index contributed by atoms with van der Waals surface area (Å²) in [5.74, 6) is 0. The van der Waals surface area contributed by atoms with Crippen molar-refractivity contribution in [1.82, 2.24) is 9.80 Å². The van der Waals surface area contributed by atoms with Crippen molar-refractivity contribution in [3.05, 3.63) is 34.3 Å². The number of nitrogens with two attached hydrogens (primary N) is 1. The molecule has 1 aliphatic heterocycles. The molecule has 1 atom stereocenters. The molecule has 0 amide bonds. The number of nitrogens with zero attached hydrogens (tertiary/aromatic N) is 2. The van der Waals surface area contributed by atoms with Gasteiger partial charge in [0.25, 0.3) is 0 Å². The fourth-order valence-electron chi connectivity index (χ4n) is 2.54. The first-order valence-electron chi connectivity index (χ1n) is 6.48. The second kappa shape index (κ2) is 6.02. The third-order valence-corrected chi connectivity index (χ3v) is 3.99. The molecular weight excluding hydrogens is 246 g/mol. The summed E-state index contributed by atoms with van der Waals surface area (Å²) in [6.45, 7) is 7.07. The standard InChI is InChI=1S/C14H22ClN3/c1-11-7-13(15)4-3-12(11)9-18-6-5-17(2)10-14(18)8-16/h3-4,7,14H,5-6,8-10,16H2,1-2H3. The van der Waals surface area contributed by atoms with Crippen molar-refractivity contribution >= 4 is 11.6 Å². The molecule has 1 aromatic rings. The van der Waals surface area contributed by atoms with Gasteiger partial charge < -0.3 is 10.6 Å². The number of aryl methyl sites for hydroxylation is 1. The molecule has 1 fully saturated rings. The number of likely N-dealkylation sites (N-methyl/N-ethyl adjacent to an activating group) is 1. The lowest BCUT2D eigenvalue weighted by molar-refractivity contribution is 0.0879. The number of benzene rings is 1. The molecule has 0 aromatic heterocycles. The fraction of sp³-hybridized carbons (Fsp3) is 0.571. The highest BCUT2D eigenvalue weighted by Crippen LogP contribution is 2.19. The molecule has 3 nitrogen and oxygen atoms in total. The van der Waals surface area contributed by atoms with Gasteiger partial charge in [-0.3, -0.25) is 4.90 Å². The van der Waals surface area contributed by atoms with E-state index in [-0.39, 0.29) is 0 Å². The molecule has 1 heterocycles. The number of hydrogen-bond acceptors (Lipinski definition) is 3. The quantitative estimate of drug-likeness (QED) is 0.905. The number of piperazine rings is 1. The average molecular weight is 268 g/mol. The third kappa shape index (κ3) is 3.23. The lowest BCUT2D eigenvalue weighted by Gasteiger charge is -2.39. The zero-order valence-electron chi connectivity index (χ0n) is 11.2. The summed E-state index contributed by atoms with van der Waals surface area (Å²) in [5, 5.41) is 0.810. The Balaban J connectivity index is 2.07. The lowest BCUT2D eigenvalue weighted by atomic mass is 10.1. The van der Waals surface area contributed by atoms with E-state index < -0.39 is 0 Å². The van der Waals surface area contributed by atoms with Crippen LogP contribution in [0, 0.1) is 6.92 Å². The number of halogens is 1. The van der Waals surface area contributed by atoms with Crippen molar-refractivity contribution in [3.8, 4) is 0 Å². The minimum absolute atomic E-state index is 0.457. The van der Waals surface area contributed by atoms with Gasteiger partial charge in [-0.2, -0.15) is 0 Å². The van der Waals surface area contributed by atoms with Crippen molar-refractivity contribution in [1.29, 1.82) is 0 Å². The van der Waals surface area contributed by atoms with Crippen molar-refractivity contribution in [2.24, 2.45) is 5.73 Å². The summed E-state index contributed by atoms with van der Waals surface area (Å²) < 4.78 is 0. The molecule has 18 heavy (non-hydrogen) atoms. The Morgan fingerprint density at radius 2 is 2.17 bits per heavy atom. The normalized spacial score (nSPS) is 22.3. The van der Waals surface area contributed by atoms with Crippen LogP contribution >= 0.6 is 11.6 Å². The van der Waals surface area contributed by atoms with E-state index >= 15 is 0 Å². The van der Waals surface area contributed by atoms with E-state index in [1.54, 1.807) is 0 Å². The summed E-state index contributed by atoms with van der Waals surface area (Å²) in [7, 11) is 2.16. The van der Waals surface area contributed by atoms with Crippen LogP contribution in [0.4, 0.5) is 0 Å². The van der Waals surface area contributed by atoms with E-state index in [2.05, 4.69) is 29.8 Å². The molecule has 1 aliphatic rings. The van der Waals surface area contributed by atoms with Crippen LogP contribution in [0.3, 0.4) is 0 Å². The Morgan fingerprint density at radius 3 is 2.83 bits per heavy atom. The summed E-state index contributed by atoms with van der Waals surface area (Å²) in [5.41, 5.74) is 8.49. The first kappa shape index (κ1) is 13.8. The molecule has 0 bridgehead atoms. The van der Waals surface area contributed by atoms with E-state index in [0.29, 0.717) is 6.04 Å². The monoisotopic (exact) mass is 267 g/mol. The second-order valence-corrected chi connectivity index (χ2v) is 5.63. The highest BCUT2D eigenvalue weighted by atomic mass is 35.5. The molecular formula is C14H22ClN3. The second-order valence-electron chi connectivity index (χ2n) is 5.19. The van der Waals surface area contributed by atoms with Gasteiger partial charge in [0.2, 0.25) is 0 Å². The van der Waals surface area contributed by atoms with Gasteiger partial charge in [-0.15, -0.1) is 0 Å². The van der Waals surface area contributed by atoms with Gasteiger partial charge in [0, 0.05) is 43.8 Å². The van der Waals surface area contributed by atoms with Crippen LogP contribution in [0.5, 0.6) is 0 Å². The van der Waals surface area contributed by atoms with Gasteiger partial charge in [0.15, 0.2) is 0 Å². The zero-order valence-corrected chi connectivity index (χ0v) is 12.0. The fourth-order valence-corrected chi connectivity index (χ4v) is 2.76. The van der Waals surface area contributed by atoms with Crippen molar-refractivity contribution in [2.75, 3.05) is 33.2 Å². The van der Waals surface area contributed by atoms with E-state index in [0.717, 1.165) is 37.7 Å².